The number of esters is 1. The van der Waals surface area contributed by atoms with E-state index in [1.54, 1.807) is 27.8 Å². The van der Waals surface area contributed by atoms with Gasteiger partial charge in [-0.15, -0.1) is 0 Å². The molecular weight excluding hydrogens is 433 g/mol. The van der Waals surface area contributed by atoms with Crippen LogP contribution in [0.4, 0.5) is 4.39 Å². The number of carbonyl (C=O) groups excluding carboxylic acids is 2. The molecule has 0 radical (unpaired) electrons. The van der Waals surface area contributed by atoms with Gasteiger partial charge in [0.05, 0.1) is 30.3 Å². The van der Waals surface area contributed by atoms with E-state index in [9.17, 15) is 9.59 Å². The summed E-state index contributed by atoms with van der Waals surface area (Å²) in [4.78, 5) is 27.2. The highest BCUT2D eigenvalue weighted by Crippen LogP contribution is 2.43. The molecule has 1 aliphatic carbocycles. The average Bonchev–Trinajstić information content (AvgIpc) is 3.50. The van der Waals surface area contributed by atoms with Gasteiger partial charge in [-0.3, -0.25) is 4.79 Å². The van der Waals surface area contributed by atoms with Crippen LogP contribution in [0.1, 0.15) is 71.9 Å². The lowest BCUT2D eigenvalue weighted by Crippen LogP contribution is -2.39. The zero-order valence-electron chi connectivity index (χ0n) is 19.6. The molecule has 0 bridgehead atoms. The van der Waals surface area contributed by atoms with Crippen molar-refractivity contribution in [1.29, 1.82) is 0 Å². The Balaban J connectivity index is 1.53. The molecule has 1 amide bonds. The number of halogens is 1. The number of amides is 1. The van der Waals surface area contributed by atoms with Crippen molar-refractivity contribution in [2.24, 2.45) is 0 Å². The molecule has 7 heteroatoms. The van der Waals surface area contributed by atoms with Crippen LogP contribution in [-0.2, 0) is 4.74 Å². The number of ether oxygens (including phenoxy) is 1. The van der Waals surface area contributed by atoms with Gasteiger partial charge in [-0.2, -0.15) is 5.10 Å². The minimum absolute atomic E-state index is 0.0919. The third-order valence-electron chi connectivity index (χ3n) is 6.99. The van der Waals surface area contributed by atoms with E-state index in [1.807, 2.05) is 38.1 Å². The first kappa shape index (κ1) is 22.3. The van der Waals surface area contributed by atoms with E-state index in [0.717, 1.165) is 37.1 Å². The zero-order chi connectivity index (χ0) is 24.0. The third-order valence-corrected chi connectivity index (χ3v) is 6.99. The topological polar surface area (TPSA) is 64.4 Å². The van der Waals surface area contributed by atoms with Crippen molar-refractivity contribution in [2.45, 2.75) is 57.5 Å². The molecule has 2 unspecified atom stereocenters. The van der Waals surface area contributed by atoms with E-state index in [4.69, 9.17) is 4.74 Å². The Kier molecular flexibility index (Phi) is 5.71. The summed E-state index contributed by atoms with van der Waals surface area (Å²) in [6.07, 6.45) is 5.36. The van der Waals surface area contributed by atoms with Crippen LogP contribution in [0.25, 0.3) is 16.8 Å². The average molecular weight is 462 g/mol. The zero-order valence-corrected chi connectivity index (χ0v) is 19.6. The molecule has 0 N–H and O–H groups in total. The van der Waals surface area contributed by atoms with Gasteiger partial charge in [0, 0.05) is 23.6 Å². The van der Waals surface area contributed by atoms with Crippen molar-refractivity contribution in [3.8, 4) is 16.8 Å². The number of likely N-dealkylation sites (tertiary alicyclic amines) is 1. The number of aromatic nitrogens is 2. The minimum atomic E-state index is -0.519. The van der Waals surface area contributed by atoms with Gasteiger partial charge in [0.25, 0.3) is 5.91 Å². The van der Waals surface area contributed by atoms with Crippen molar-refractivity contribution in [3.63, 3.8) is 0 Å². The highest BCUT2D eigenvalue weighted by molar-refractivity contribution is 5.96. The summed E-state index contributed by atoms with van der Waals surface area (Å²) < 4.78 is 22.4. The molecule has 2 aliphatic rings. The number of carbonyl (C=O) groups is 2. The Morgan fingerprint density at radius 2 is 1.71 bits per heavy atom. The van der Waals surface area contributed by atoms with E-state index in [2.05, 4.69) is 5.10 Å². The predicted molar refractivity (Wildman–Crippen MR) is 127 cm³/mol. The molecule has 2 atom stereocenters. The first-order valence-electron chi connectivity index (χ1n) is 11.8. The minimum Gasteiger partial charge on any atom is -0.465 e. The maximum atomic E-state index is 15.7. The normalized spacial score (nSPS) is 19.9. The third kappa shape index (κ3) is 3.79. The van der Waals surface area contributed by atoms with E-state index in [0.29, 0.717) is 16.7 Å². The summed E-state index contributed by atoms with van der Waals surface area (Å²) in [7, 11) is 1.36. The Labute approximate surface area is 198 Å². The number of rotatable bonds is 5. The fourth-order valence-electron chi connectivity index (χ4n) is 5.04. The summed E-state index contributed by atoms with van der Waals surface area (Å²) in [5, 5.41) is 4.45. The summed E-state index contributed by atoms with van der Waals surface area (Å²) in [6.45, 7) is 4.02. The number of hydrogen-bond donors (Lipinski definition) is 0. The fraction of sp³-hybridized carbons (Fsp3) is 0.370. The van der Waals surface area contributed by atoms with Crippen LogP contribution in [0, 0.1) is 5.82 Å². The van der Waals surface area contributed by atoms with E-state index in [-0.39, 0.29) is 29.5 Å². The van der Waals surface area contributed by atoms with Crippen LogP contribution >= 0.6 is 0 Å². The van der Waals surface area contributed by atoms with Crippen LogP contribution in [0.5, 0.6) is 0 Å². The molecule has 6 nitrogen and oxygen atoms in total. The van der Waals surface area contributed by atoms with Crippen molar-refractivity contribution in [3.05, 3.63) is 71.3 Å². The summed E-state index contributed by atoms with van der Waals surface area (Å²) in [5.41, 5.74) is 3.11. The lowest BCUT2D eigenvalue weighted by atomic mass is 10.0. The maximum Gasteiger partial charge on any atom is 0.341 e. The molecule has 2 heterocycles. The predicted octanol–water partition coefficient (Wildman–Crippen LogP) is 5.36. The molecule has 0 spiro atoms. The van der Waals surface area contributed by atoms with Crippen LogP contribution in [0.15, 0.2) is 48.7 Å². The monoisotopic (exact) mass is 461 g/mol. The highest BCUT2D eigenvalue weighted by atomic mass is 19.1. The molecule has 1 saturated heterocycles. The molecule has 1 aromatic heterocycles. The van der Waals surface area contributed by atoms with Crippen molar-refractivity contribution >= 4 is 11.9 Å². The van der Waals surface area contributed by atoms with Crippen molar-refractivity contribution < 1.29 is 18.7 Å². The van der Waals surface area contributed by atoms with E-state index >= 15 is 4.39 Å². The van der Waals surface area contributed by atoms with Gasteiger partial charge >= 0.3 is 5.97 Å². The lowest BCUT2D eigenvalue weighted by molar-refractivity contribution is 0.0598. The molecule has 34 heavy (non-hydrogen) atoms. The number of nitrogens with zero attached hydrogens (tertiary/aromatic N) is 3. The van der Waals surface area contributed by atoms with Crippen molar-refractivity contribution in [1.82, 2.24) is 14.7 Å². The second-order valence-corrected chi connectivity index (χ2v) is 9.33. The van der Waals surface area contributed by atoms with Crippen LogP contribution in [0.2, 0.25) is 0 Å². The number of hydrogen-bond acceptors (Lipinski definition) is 4. The Hall–Kier alpha value is -3.48. The molecule has 3 aromatic rings. The molecule has 176 valence electrons. The van der Waals surface area contributed by atoms with E-state index in [1.165, 1.54) is 13.3 Å². The fourth-order valence-corrected chi connectivity index (χ4v) is 5.04. The van der Waals surface area contributed by atoms with Gasteiger partial charge < -0.3 is 9.64 Å². The van der Waals surface area contributed by atoms with Gasteiger partial charge in [-0.1, -0.05) is 24.3 Å². The van der Waals surface area contributed by atoms with Gasteiger partial charge in [0.15, 0.2) is 0 Å². The van der Waals surface area contributed by atoms with Crippen LogP contribution in [0.3, 0.4) is 0 Å². The Morgan fingerprint density at radius 3 is 2.38 bits per heavy atom. The quantitative estimate of drug-likeness (QED) is 0.480. The van der Waals surface area contributed by atoms with Gasteiger partial charge in [0.1, 0.15) is 11.4 Å². The van der Waals surface area contributed by atoms with Crippen LogP contribution in [-0.4, -0.2) is 45.8 Å². The first-order valence-corrected chi connectivity index (χ1v) is 11.8. The Bertz CT molecular complexity index is 1250. The van der Waals surface area contributed by atoms with Gasteiger partial charge in [-0.25, -0.2) is 13.9 Å². The molecule has 2 aromatic carbocycles. The van der Waals surface area contributed by atoms with E-state index < -0.39 is 11.8 Å². The highest BCUT2D eigenvalue weighted by Gasteiger charge is 2.34. The molecule has 1 aliphatic heterocycles. The summed E-state index contributed by atoms with van der Waals surface area (Å²) >= 11 is 0. The second kappa shape index (κ2) is 8.70. The van der Waals surface area contributed by atoms with Crippen molar-refractivity contribution in [2.75, 3.05) is 7.11 Å². The van der Waals surface area contributed by atoms with Gasteiger partial charge in [0.2, 0.25) is 0 Å². The second-order valence-electron chi connectivity index (χ2n) is 9.33. The molecule has 2 fully saturated rings. The standard InChI is InChI=1S/C27H28FN3O3/c1-16-10-11-17(2)30(16)26(32)22-9-5-8-21(24(22)28)19-6-4-7-20(14-19)31-25(18-12-13-18)23(15-29-31)27(33)34-3/h4-9,14-18H,10-13H2,1-3H3. The SMILES string of the molecule is COC(=O)c1cnn(-c2cccc(-c3cccc(C(=O)N4C(C)CCC4C)c3F)c2)c1C1CC1. The van der Waals surface area contributed by atoms with Gasteiger partial charge in [-0.05, 0) is 63.3 Å². The first-order chi connectivity index (χ1) is 16.4. The summed E-state index contributed by atoms with van der Waals surface area (Å²) in [5.74, 6) is -0.942. The van der Waals surface area contributed by atoms with Crippen LogP contribution < -0.4 is 0 Å². The summed E-state index contributed by atoms with van der Waals surface area (Å²) in [6, 6.07) is 12.5. The maximum absolute atomic E-state index is 15.7. The molecular formula is C27H28FN3O3. The number of benzene rings is 2. The molecule has 5 rings (SSSR count). The largest absolute Gasteiger partial charge is 0.465 e. The lowest BCUT2D eigenvalue weighted by Gasteiger charge is -2.26. The smallest absolute Gasteiger partial charge is 0.341 e. The molecule has 1 saturated carbocycles. The Morgan fingerprint density at radius 1 is 1.00 bits per heavy atom. The number of methoxy groups -OCH3 is 1.